The van der Waals surface area contributed by atoms with E-state index in [1.54, 1.807) is 43.9 Å². The smallest absolute Gasteiger partial charge is 0.256 e. The molecule has 0 radical (unpaired) electrons. The maximum absolute atomic E-state index is 15.8. The molecule has 1 spiro atoms. The summed E-state index contributed by atoms with van der Waals surface area (Å²) in [7, 11) is 1.60. The Morgan fingerprint density at radius 2 is 1.91 bits per heavy atom. The third-order valence-corrected chi connectivity index (χ3v) is 8.28. The highest BCUT2D eigenvalue weighted by Crippen LogP contribution is 2.54. The molecule has 1 aromatic carbocycles. The van der Waals surface area contributed by atoms with E-state index in [0.717, 1.165) is 16.6 Å². The topological polar surface area (TPSA) is 130 Å². The number of halogens is 1. The summed E-state index contributed by atoms with van der Waals surface area (Å²) in [6, 6.07) is 14.7. The van der Waals surface area contributed by atoms with Crippen LogP contribution in [0, 0.1) is 5.95 Å². The Hall–Kier alpha value is -4.97. The van der Waals surface area contributed by atoms with Gasteiger partial charge in [-0.15, -0.1) is 0 Å². The Bertz CT molecular complexity index is 1950. The van der Waals surface area contributed by atoms with Gasteiger partial charge in [-0.2, -0.15) is 4.39 Å². The molecule has 0 amide bonds. The van der Waals surface area contributed by atoms with Crippen molar-refractivity contribution >= 4 is 39.3 Å². The molecule has 5 aromatic rings. The zero-order valence-corrected chi connectivity index (χ0v) is 25.0. The van der Waals surface area contributed by atoms with Crippen LogP contribution in [-0.4, -0.2) is 44.1 Å². The SMILES string of the molecule is COc1cnc2c(Nc3ccc4c(c3)[C@@]3(CCSC(N)=N3)c3cc(-c5ccnc(OC(C)C)c5)nc(F)c3O4)nccc2c1. The number of ether oxygens (including phenoxy) is 3. The molecule has 12 heteroatoms. The van der Waals surface area contributed by atoms with E-state index < -0.39 is 11.5 Å². The standard InChI is InChI=1S/C32H28FN7O3S/c1-17(2)42-26-13-18(6-9-35-26)24-15-23-28(29(33)39-24)43-25-5-4-20(14-22(25)32(23)8-11-44-31(34)40-32)38-30-27-19(7-10-36-30)12-21(41-3)16-37-27/h4-7,9-10,12-17H,8,11H2,1-3H3,(H2,34,40)(H,36,38)/t32-/m0/s1. The van der Waals surface area contributed by atoms with Crippen molar-refractivity contribution in [1.29, 1.82) is 0 Å². The molecule has 7 rings (SSSR count). The molecule has 4 aromatic heterocycles. The van der Waals surface area contributed by atoms with Crippen LogP contribution in [0.15, 0.2) is 72.1 Å². The molecule has 0 unspecified atom stereocenters. The van der Waals surface area contributed by atoms with Crippen molar-refractivity contribution in [1.82, 2.24) is 19.9 Å². The third kappa shape index (κ3) is 4.90. The van der Waals surface area contributed by atoms with Crippen molar-refractivity contribution in [2.24, 2.45) is 10.7 Å². The van der Waals surface area contributed by atoms with Gasteiger partial charge in [0, 0.05) is 52.0 Å². The average molecular weight is 610 g/mol. The molecule has 44 heavy (non-hydrogen) atoms. The van der Waals surface area contributed by atoms with Gasteiger partial charge >= 0.3 is 0 Å². The second-order valence-electron chi connectivity index (χ2n) is 10.7. The molecule has 2 aliphatic rings. The van der Waals surface area contributed by atoms with Gasteiger partial charge in [0.25, 0.3) is 5.95 Å². The van der Waals surface area contributed by atoms with Crippen LogP contribution in [0.3, 0.4) is 0 Å². The summed E-state index contributed by atoms with van der Waals surface area (Å²) in [5.74, 6) is 2.12. The number of aromatic nitrogens is 4. The predicted octanol–water partition coefficient (Wildman–Crippen LogP) is 6.57. The van der Waals surface area contributed by atoms with Gasteiger partial charge in [0.15, 0.2) is 16.7 Å². The summed E-state index contributed by atoms with van der Waals surface area (Å²) in [6.45, 7) is 3.83. The molecule has 0 bridgehead atoms. The van der Waals surface area contributed by atoms with Crippen molar-refractivity contribution in [2.45, 2.75) is 31.9 Å². The fourth-order valence-electron chi connectivity index (χ4n) is 5.55. The lowest BCUT2D eigenvalue weighted by Gasteiger charge is -2.39. The largest absolute Gasteiger partial charge is 0.495 e. The Kier molecular flexibility index (Phi) is 6.92. The number of pyridine rings is 4. The van der Waals surface area contributed by atoms with E-state index in [2.05, 4.69) is 25.3 Å². The third-order valence-electron chi connectivity index (χ3n) is 7.49. The summed E-state index contributed by atoms with van der Waals surface area (Å²) in [5.41, 5.74) is 9.14. The minimum Gasteiger partial charge on any atom is -0.495 e. The summed E-state index contributed by atoms with van der Waals surface area (Å²) in [6.07, 6.45) is 5.48. The number of methoxy groups -OCH3 is 1. The lowest BCUT2D eigenvalue weighted by atomic mass is 9.78. The first-order chi connectivity index (χ1) is 21.3. The van der Waals surface area contributed by atoms with Gasteiger partial charge in [-0.05, 0) is 62.7 Å². The molecule has 1 atom stereocenters. The number of hydrogen-bond donors (Lipinski definition) is 2. The first-order valence-corrected chi connectivity index (χ1v) is 15.0. The molecule has 0 aliphatic carbocycles. The normalized spacial score (nSPS) is 17.1. The molecular weight excluding hydrogens is 581 g/mol. The van der Waals surface area contributed by atoms with Crippen LogP contribution in [0.1, 0.15) is 31.4 Å². The predicted molar refractivity (Wildman–Crippen MR) is 169 cm³/mol. The van der Waals surface area contributed by atoms with Gasteiger partial charge in [0.2, 0.25) is 5.88 Å². The van der Waals surface area contributed by atoms with Crippen molar-refractivity contribution < 1.29 is 18.6 Å². The first kappa shape index (κ1) is 27.8. The summed E-state index contributed by atoms with van der Waals surface area (Å²) in [4.78, 5) is 22.6. The maximum atomic E-state index is 15.8. The van der Waals surface area contributed by atoms with Crippen LogP contribution in [0.25, 0.3) is 22.2 Å². The van der Waals surface area contributed by atoms with Crippen LogP contribution in [-0.2, 0) is 5.54 Å². The number of nitrogens with one attached hydrogen (secondary N) is 1. The zero-order chi connectivity index (χ0) is 30.4. The van der Waals surface area contributed by atoms with E-state index in [-0.39, 0.29) is 11.9 Å². The van der Waals surface area contributed by atoms with Crippen LogP contribution >= 0.6 is 11.8 Å². The minimum absolute atomic E-state index is 0.0342. The number of anilines is 2. The van der Waals surface area contributed by atoms with Crippen molar-refractivity contribution in [3.63, 3.8) is 0 Å². The number of rotatable bonds is 6. The summed E-state index contributed by atoms with van der Waals surface area (Å²) in [5, 5.41) is 4.69. The Morgan fingerprint density at radius 3 is 2.73 bits per heavy atom. The van der Waals surface area contributed by atoms with E-state index in [0.29, 0.717) is 62.9 Å². The fourth-order valence-corrected chi connectivity index (χ4v) is 6.38. The molecule has 0 saturated carbocycles. The minimum atomic E-state index is -1.00. The number of amidine groups is 1. The Morgan fingerprint density at radius 1 is 1.05 bits per heavy atom. The summed E-state index contributed by atoms with van der Waals surface area (Å²) < 4.78 is 33.1. The monoisotopic (exact) mass is 609 g/mol. The molecule has 3 N–H and O–H groups in total. The highest BCUT2D eigenvalue weighted by atomic mass is 32.2. The van der Waals surface area contributed by atoms with Gasteiger partial charge in [-0.25, -0.2) is 24.9 Å². The number of hydrogen-bond acceptors (Lipinski definition) is 11. The van der Waals surface area contributed by atoms with Crippen molar-refractivity contribution in [3.8, 4) is 34.4 Å². The van der Waals surface area contributed by atoms with Crippen LogP contribution in [0.4, 0.5) is 15.9 Å². The van der Waals surface area contributed by atoms with E-state index in [1.165, 1.54) is 11.8 Å². The second-order valence-corrected chi connectivity index (χ2v) is 11.8. The van der Waals surface area contributed by atoms with E-state index >= 15 is 4.39 Å². The molecule has 0 fully saturated rings. The van der Waals surface area contributed by atoms with Crippen LogP contribution < -0.4 is 25.3 Å². The fraction of sp³-hybridized carbons (Fsp3) is 0.219. The maximum Gasteiger partial charge on any atom is 0.256 e. The van der Waals surface area contributed by atoms with Crippen molar-refractivity contribution in [3.05, 3.63) is 84.2 Å². The van der Waals surface area contributed by atoms with Gasteiger partial charge in [0.1, 0.15) is 22.6 Å². The van der Waals surface area contributed by atoms with Gasteiger partial charge in [-0.3, -0.25) is 0 Å². The summed E-state index contributed by atoms with van der Waals surface area (Å²) >= 11 is 1.47. The molecular formula is C32H28FN7O3S. The molecule has 0 saturated heterocycles. The number of benzene rings is 1. The Balaban J connectivity index is 1.34. The number of fused-ring (bicyclic) bond motifs is 5. The number of nitrogens with zero attached hydrogens (tertiary/aromatic N) is 5. The van der Waals surface area contributed by atoms with Gasteiger partial charge < -0.3 is 25.3 Å². The zero-order valence-electron chi connectivity index (χ0n) is 24.2. The number of nitrogens with two attached hydrogens (primary N) is 1. The second kappa shape index (κ2) is 10.9. The van der Waals surface area contributed by atoms with E-state index in [1.807, 2.05) is 44.2 Å². The van der Waals surface area contributed by atoms with Gasteiger partial charge in [0.05, 0.1) is 25.1 Å². The highest BCUT2D eigenvalue weighted by molar-refractivity contribution is 8.13. The van der Waals surface area contributed by atoms with Gasteiger partial charge in [-0.1, -0.05) is 11.8 Å². The Labute approximate surface area is 256 Å². The highest BCUT2D eigenvalue weighted by Gasteiger charge is 2.46. The number of aliphatic imine (C=N–C) groups is 1. The van der Waals surface area contributed by atoms with Crippen LogP contribution in [0.5, 0.6) is 23.1 Å². The quantitative estimate of drug-likeness (QED) is 0.204. The molecule has 6 heterocycles. The lowest BCUT2D eigenvalue weighted by Crippen LogP contribution is -2.36. The first-order valence-electron chi connectivity index (χ1n) is 14.0. The number of thioether (sulfide) groups is 1. The van der Waals surface area contributed by atoms with Crippen LogP contribution in [0.2, 0.25) is 0 Å². The van der Waals surface area contributed by atoms with Crippen molar-refractivity contribution in [2.75, 3.05) is 18.2 Å². The molecule has 222 valence electrons. The van der Waals surface area contributed by atoms with E-state index in [9.17, 15) is 0 Å². The molecule has 10 nitrogen and oxygen atoms in total. The van der Waals surface area contributed by atoms with E-state index in [4.69, 9.17) is 24.9 Å². The average Bonchev–Trinajstić information content (AvgIpc) is 3.01. The lowest BCUT2D eigenvalue weighted by molar-refractivity contribution is 0.233. The molecule has 2 aliphatic heterocycles.